The van der Waals surface area contributed by atoms with Crippen molar-refractivity contribution in [2.45, 2.75) is 19.8 Å². The maximum atomic E-state index is 13.2. The third-order valence-electron chi connectivity index (χ3n) is 2.56. The van der Waals surface area contributed by atoms with Gasteiger partial charge >= 0.3 is 0 Å². The molecule has 0 saturated heterocycles. The van der Waals surface area contributed by atoms with Gasteiger partial charge in [-0.25, -0.2) is 4.39 Å². The van der Waals surface area contributed by atoms with Crippen LogP contribution in [0.25, 0.3) is 0 Å². The molecule has 1 aromatic carbocycles. The van der Waals surface area contributed by atoms with E-state index in [0.717, 1.165) is 12.8 Å². The number of rotatable bonds is 6. The highest BCUT2D eigenvalue weighted by Crippen LogP contribution is 2.21. The molecule has 0 radical (unpaired) electrons. The van der Waals surface area contributed by atoms with Crippen molar-refractivity contribution in [1.29, 1.82) is 5.26 Å². The van der Waals surface area contributed by atoms with Crippen molar-refractivity contribution in [3.63, 3.8) is 0 Å². The van der Waals surface area contributed by atoms with Crippen LogP contribution in [-0.4, -0.2) is 12.5 Å². The molecule has 1 rings (SSSR count). The first-order valence-electron chi connectivity index (χ1n) is 5.56. The van der Waals surface area contributed by atoms with Gasteiger partial charge in [0.1, 0.15) is 23.2 Å². The highest BCUT2D eigenvalue weighted by molar-refractivity contribution is 6.17. The van der Waals surface area contributed by atoms with Gasteiger partial charge in [0.25, 0.3) is 0 Å². The first kappa shape index (κ1) is 13.8. The summed E-state index contributed by atoms with van der Waals surface area (Å²) in [5.74, 6) is 0.862. The highest BCUT2D eigenvalue weighted by Gasteiger charge is 2.09. The van der Waals surface area contributed by atoms with Crippen LogP contribution in [0.15, 0.2) is 18.2 Å². The molecular formula is C13H15ClFNO. The van der Waals surface area contributed by atoms with Crippen molar-refractivity contribution in [2.24, 2.45) is 5.92 Å². The number of alkyl halides is 1. The molecule has 0 N–H and O–H groups in total. The van der Waals surface area contributed by atoms with Gasteiger partial charge in [-0.3, -0.25) is 0 Å². The fourth-order valence-corrected chi connectivity index (χ4v) is 1.81. The third kappa shape index (κ3) is 4.24. The minimum atomic E-state index is -0.543. The maximum absolute atomic E-state index is 13.2. The quantitative estimate of drug-likeness (QED) is 0.726. The third-order valence-corrected chi connectivity index (χ3v) is 2.78. The average molecular weight is 256 g/mol. The minimum absolute atomic E-state index is 0.0301. The van der Waals surface area contributed by atoms with Gasteiger partial charge in [0, 0.05) is 5.88 Å². The standard InChI is InChI=1S/C13H15ClFNO/c1-10(5-7-14)6-8-17-13-4-2-3-12(15)11(13)9-16/h2-4,10H,5-8H2,1H3. The summed E-state index contributed by atoms with van der Waals surface area (Å²) in [6, 6.07) is 6.20. The van der Waals surface area contributed by atoms with Crippen LogP contribution in [0.2, 0.25) is 0 Å². The van der Waals surface area contributed by atoms with E-state index in [9.17, 15) is 4.39 Å². The molecule has 0 aliphatic heterocycles. The molecule has 2 nitrogen and oxygen atoms in total. The second kappa shape index (κ2) is 7.13. The predicted molar refractivity (Wildman–Crippen MR) is 65.7 cm³/mol. The lowest BCUT2D eigenvalue weighted by molar-refractivity contribution is 0.280. The zero-order valence-electron chi connectivity index (χ0n) is 9.75. The molecule has 0 saturated carbocycles. The normalized spacial score (nSPS) is 11.9. The summed E-state index contributed by atoms with van der Waals surface area (Å²) in [7, 11) is 0. The summed E-state index contributed by atoms with van der Waals surface area (Å²) >= 11 is 5.63. The van der Waals surface area contributed by atoms with Crippen molar-refractivity contribution in [3.8, 4) is 11.8 Å². The molecule has 17 heavy (non-hydrogen) atoms. The molecule has 1 aromatic rings. The molecule has 0 spiro atoms. The molecule has 0 aromatic heterocycles. The lowest BCUT2D eigenvalue weighted by atomic mass is 10.1. The minimum Gasteiger partial charge on any atom is -0.492 e. The van der Waals surface area contributed by atoms with E-state index >= 15 is 0 Å². The van der Waals surface area contributed by atoms with Gasteiger partial charge in [-0.2, -0.15) is 5.26 Å². The van der Waals surface area contributed by atoms with Crippen LogP contribution in [0.5, 0.6) is 5.75 Å². The number of nitriles is 1. The number of nitrogens with zero attached hydrogens (tertiary/aromatic N) is 1. The second-order valence-corrected chi connectivity index (χ2v) is 4.32. The molecule has 92 valence electrons. The monoisotopic (exact) mass is 255 g/mol. The fourth-order valence-electron chi connectivity index (χ4n) is 1.43. The number of hydrogen-bond donors (Lipinski definition) is 0. The van der Waals surface area contributed by atoms with E-state index in [4.69, 9.17) is 21.6 Å². The molecule has 0 aliphatic rings. The Labute approximate surface area is 106 Å². The summed E-state index contributed by atoms with van der Waals surface area (Å²) in [6.07, 6.45) is 1.77. The summed E-state index contributed by atoms with van der Waals surface area (Å²) in [5, 5.41) is 8.80. The van der Waals surface area contributed by atoms with E-state index in [-0.39, 0.29) is 5.56 Å². The van der Waals surface area contributed by atoms with Gasteiger partial charge in [0.15, 0.2) is 0 Å². The Morgan fingerprint density at radius 1 is 1.47 bits per heavy atom. The van der Waals surface area contributed by atoms with Gasteiger partial charge in [0.2, 0.25) is 0 Å². The molecule has 1 unspecified atom stereocenters. The molecule has 1 atom stereocenters. The Morgan fingerprint density at radius 3 is 2.88 bits per heavy atom. The summed E-state index contributed by atoms with van der Waals surface area (Å²) in [5.41, 5.74) is -0.0301. The lowest BCUT2D eigenvalue weighted by Crippen LogP contribution is -2.06. The van der Waals surface area contributed by atoms with E-state index in [1.165, 1.54) is 12.1 Å². The maximum Gasteiger partial charge on any atom is 0.144 e. The number of hydrogen-bond acceptors (Lipinski definition) is 2. The molecular weight excluding hydrogens is 241 g/mol. The van der Waals surface area contributed by atoms with Crippen LogP contribution >= 0.6 is 11.6 Å². The van der Waals surface area contributed by atoms with Gasteiger partial charge in [-0.05, 0) is 30.9 Å². The summed E-state index contributed by atoms with van der Waals surface area (Å²) in [6.45, 7) is 2.55. The lowest BCUT2D eigenvalue weighted by Gasteiger charge is -2.11. The van der Waals surface area contributed by atoms with E-state index in [2.05, 4.69) is 6.92 Å². The first-order chi connectivity index (χ1) is 8.19. The fraction of sp³-hybridized carbons (Fsp3) is 0.462. The molecule has 0 bridgehead atoms. The van der Waals surface area contributed by atoms with Crippen LogP contribution in [-0.2, 0) is 0 Å². The Morgan fingerprint density at radius 2 is 2.24 bits per heavy atom. The Hall–Kier alpha value is -1.27. The van der Waals surface area contributed by atoms with Crippen LogP contribution in [0, 0.1) is 23.1 Å². The van der Waals surface area contributed by atoms with Crippen LogP contribution in [0.1, 0.15) is 25.3 Å². The predicted octanol–water partition coefficient (Wildman–Crippen LogP) is 3.73. The van der Waals surface area contributed by atoms with Gasteiger partial charge < -0.3 is 4.74 Å². The molecule has 4 heteroatoms. The Kier molecular flexibility index (Phi) is 5.79. The van der Waals surface area contributed by atoms with Gasteiger partial charge in [-0.1, -0.05) is 13.0 Å². The second-order valence-electron chi connectivity index (χ2n) is 3.94. The van der Waals surface area contributed by atoms with E-state index in [1.807, 2.05) is 0 Å². The smallest absolute Gasteiger partial charge is 0.144 e. The van der Waals surface area contributed by atoms with Crippen LogP contribution in [0.3, 0.4) is 0 Å². The van der Waals surface area contributed by atoms with Crippen molar-refractivity contribution < 1.29 is 9.13 Å². The van der Waals surface area contributed by atoms with Crippen LogP contribution < -0.4 is 4.74 Å². The summed E-state index contributed by atoms with van der Waals surface area (Å²) < 4.78 is 18.7. The topological polar surface area (TPSA) is 33.0 Å². The molecule has 0 heterocycles. The van der Waals surface area contributed by atoms with Crippen molar-refractivity contribution >= 4 is 11.6 Å². The van der Waals surface area contributed by atoms with Crippen molar-refractivity contribution in [1.82, 2.24) is 0 Å². The van der Waals surface area contributed by atoms with Gasteiger partial charge in [0.05, 0.1) is 6.61 Å². The molecule has 0 amide bonds. The number of halogens is 2. The SMILES string of the molecule is CC(CCCl)CCOc1cccc(F)c1C#N. The van der Waals surface area contributed by atoms with Crippen LogP contribution in [0.4, 0.5) is 4.39 Å². The Bertz CT molecular complexity index is 403. The van der Waals surface area contributed by atoms with Crippen molar-refractivity contribution in [2.75, 3.05) is 12.5 Å². The molecule has 0 fully saturated rings. The van der Waals surface area contributed by atoms with E-state index in [1.54, 1.807) is 12.1 Å². The van der Waals surface area contributed by atoms with Gasteiger partial charge in [-0.15, -0.1) is 11.6 Å². The first-order valence-corrected chi connectivity index (χ1v) is 6.10. The number of benzene rings is 1. The average Bonchev–Trinajstić information content (AvgIpc) is 2.29. The zero-order chi connectivity index (χ0) is 12.7. The number of ether oxygens (including phenoxy) is 1. The van der Waals surface area contributed by atoms with Crippen molar-refractivity contribution in [3.05, 3.63) is 29.6 Å². The largest absolute Gasteiger partial charge is 0.492 e. The van der Waals surface area contributed by atoms with E-state index in [0.29, 0.717) is 24.2 Å². The highest BCUT2D eigenvalue weighted by atomic mass is 35.5. The van der Waals surface area contributed by atoms with E-state index < -0.39 is 5.82 Å². The summed E-state index contributed by atoms with van der Waals surface area (Å²) in [4.78, 5) is 0. The molecule has 0 aliphatic carbocycles. The Balaban J connectivity index is 2.53. The zero-order valence-corrected chi connectivity index (χ0v) is 10.5.